The number of rotatable bonds is 6. The molecule has 0 aromatic heterocycles. The highest BCUT2D eigenvalue weighted by Gasteiger charge is 2.37. The number of amides is 1. The van der Waals surface area contributed by atoms with Crippen LogP contribution >= 0.6 is 11.6 Å². The zero-order chi connectivity index (χ0) is 21.8. The fourth-order valence-corrected chi connectivity index (χ4v) is 3.71. The van der Waals surface area contributed by atoms with E-state index in [1.165, 1.54) is 17.0 Å². The number of halogens is 3. The van der Waals surface area contributed by atoms with Crippen LogP contribution in [0.15, 0.2) is 66.4 Å². The van der Waals surface area contributed by atoms with E-state index in [9.17, 15) is 18.4 Å². The first-order chi connectivity index (χ1) is 14.3. The van der Waals surface area contributed by atoms with Crippen molar-refractivity contribution < 1.29 is 23.1 Å². The molecule has 4 nitrogen and oxygen atoms in total. The van der Waals surface area contributed by atoms with Gasteiger partial charge >= 0.3 is 5.97 Å². The Hall–Kier alpha value is -2.99. The van der Waals surface area contributed by atoms with Crippen molar-refractivity contribution in [3.63, 3.8) is 0 Å². The Morgan fingerprint density at radius 1 is 1.27 bits per heavy atom. The van der Waals surface area contributed by atoms with Crippen molar-refractivity contribution in [1.29, 1.82) is 0 Å². The summed E-state index contributed by atoms with van der Waals surface area (Å²) in [6, 6.07) is 10.4. The minimum Gasteiger partial charge on any atom is -0.458 e. The van der Waals surface area contributed by atoms with Crippen molar-refractivity contribution in [3.8, 4) is 0 Å². The first kappa shape index (κ1) is 21.7. The maximum Gasteiger partial charge on any atom is 0.336 e. The largest absolute Gasteiger partial charge is 0.458 e. The highest BCUT2D eigenvalue weighted by atomic mass is 35.5. The average Bonchev–Trinajstić information content (AvgIpc) is 2.71. The van der Waals surface area contributed by atoms with Gasteiger partial charge in [-0.2, -0.15) is 0 Å². The summed E-state index contributed by atoms with van der Waals surface area (Å²) >= 11 is 6.10. The van der Waals surface area contributed by atoms with Crippen LogP contribution in [0.3, 0.4) is 0 Å². The number of hydrogen-bond donors (Lipinski definition) is 0. The van der Waals surface area contributed by atoms with Gasteiger partial charge < -0.3 is 9.64 Å². The van der Waals surface area contributed by atoms with Gasteiger partial charge in [-0.05, 0) is 42.3 Å². The first-order valence-corrected chi connectivity index (χ1v) is 9.68. The number of allylic oxidation sites excluding steroid dienone is 1. The molecule has 2 aromatic carbocycles. The predicted octanol–water partition coefficient (Wildman–Crippen LogP) is 5.14. The van der Waals surface area contributed by atoms with Crippen LogP contribution in [0.5, 0.6) is 0 Å². The summed E-state index contributed by atoms with van der Waals surface area (Å²) in [6.45, 7) is 5.21. The van der Waals surface area contributed by atoms with Gasteiger partial charge in [0.2, 0.25) is 5.91 Å². The van der Waals surface area contributed by atoms with Crippen LogP contribution in [-0.2, 0) is 20.9 Å². The Morgan fingerprint density at radius 2 is 2.03 bits per heavy atom. The van der Waals surface area contributed by atoms with Crippen LogP contribution in [0, 0.1) is 11.6 Å². The highest BCUT2D eigenvalue weighted by Crippen LogP contribution is 2.38. The molecule has 7 heteroatoms. The summed E-state index contributed by atoms with van der Waals surface area (Å²) in [5.41, 5.74) is 1.84. The van der Waals surface area contributed by atoms with Gasteiger partial charge in [-0.1, -0.05) is 42.5 Å². The summed E-state index contributed by atoms with van der Waals surface area (Å²) < 4.78 is 32.1. The summed E-state index contributed by atoms with van der Waals surface area (Å²) in [5.74, 6) is -3.32. The highest BCUT2D eigenvalue weighted by molar-refractivity contribution is 6.30. The van der Waals surface area contributed by atoms with E-state index >= 15 is 0 Å². The van der Waals surface area contributed by atoms with Gasteiger partial charge in [0.25, 0.3) is 0 Å². The second-order valence-corrected chi connectivity index (χ2v) is 7.36. The molecular formula is C23H20ClF2NO3. The number of carbonyl (C=O) groups excluding carboxylic acids is 2. The molecular weight excluding hydrogens is 412 g/mol. The molecule has 30 heavy (non-hydrogen) atoms. The van der Waals surface area contributed by atoms with Gasteiger partial charge in [0.15, 0.2) is 11.6 Å². The van der Waals surface area contributed by atoms with Crippen LogP contribution in [0.1, 0.15) is 30.4 Å². The minimum atomic E-state index is -0.999. The van der Waals surface area contributed by atoms with E-state index < -0.39 is 23.5 Å². The average molecular weight is 432 g/mol. The van der Waals surface area contributed by atoms with Gasteiger partial charge in [0, 0.05) is 23.1 Å². The summed E-state index contributed by atoms with van der Waals surface area (Å²) in [5, 5.41) is 0.487. The quantitative estimate of drug-likeness (QED) is 0.470. The Bertz CT molecular complexity index is 1030. The van der Waals surface area contributed by atoms with Gasteiger partial charge in [0.05, 0.1) is 12.1 Å². The number of esters is 1. The third kappa shape index (κ3) is 4.60. The lowest BCUT2D eigenvalue weighted by Crippen LogP contribution is -2.38. The summed E-state index contributed by atoms with van der Waals surface area (Å²) in [7, 11) is 0. The van der Waals surface area contributed by atoms with Crippen LogP contribution in [0.25, 0.3) is 0 Å². The predicted molar refractivity (Wildman–Crippen MR) is 110 cm³/mol. The molecule has 1 unspecified atom stereocenters. The molecule has 1 heterocycles. The second kappa shape index (κ2) is 9.22. The molecule has 1 atom stereocenters. The standard InChI is InChI=1S/C23H20ClF2NO3/c1-3-9-30-23(29)22-14(2)27(13-15-7-8-19(25)20(26)10-15)21(28)12-18(22)16-5-4-6-17(24)11-16/h3-8,10-11,18H,1,9,12-13H2,2H3. The molecule has 0 N–H and O–H groups in total. The lowest BCUT2D eigenvalue weighted by Gasteiger charge is -2.34. The van der Waals surface area contributed by atoms with Crippen LogP contribution in [0.4, 0.5) is 8.78 Å². The molecule has 0 fully saturated rings. The smallest absolute Gasteiger partial charge is 0.336 e. The molecule has 0 saturated carbocycles. The lowest BCUT2D eigenvalue weighted by molar-refractivity contribution is -0.139. The van der Waals surface area contributed by atoms with Crippen molar-refractivity contribution >= 4 is 23.5 Å². The molecule has 2 aromatic rings. The Kier molecular flexibility index (Phi) is 6.67. The lowest BCUT2D eigenvalue weighted by atomic mass is 9.83. The molecule has 1 aliphatic heterocycles. The van der Waals surface area contributed by atoms with E-state index in [1.807, 2.05) is 0 Å². The molecule has 0 spiro atoms. The first-order valence-electron chi connectivity index (χ1n) is 9.30. The number of benzene rings is 2. The zero-order valence-corrected chi connectivity index (χ0v) is 17.1. The molecule has 0 aliphatic carbocycles. The van der Waals surface area contributed by atoms with Crippen molar-refractivity contribution in [2.24, 2.45) is 0 Å². The van der Waals surface area contributed by atoms with Gasteiger partial charge in [-0.25, -0.2) is 13.6 Å². The van der Waals surface area contributed by atoms with Crippen molar-refractivity contribution in [1.82, 2.24) is 4.90 Å². The molecule has 1 amide bonds. The SMILES string of the molecule is C=CCOC(=O)C1=C(C)N(Cc2ccc(F)c(F)c2)C(=O)CC1c1cccc(Cl)c1. The van der Waals surface area contributed by atoms with Crippen molar-refractivity contribution in [3.05, 3.63) is 94.2 Å². The van der Waals surface area contributed by atoms with Crippen LogP contribution in [-0.4, -0.2) is 23.4 Å². The number of carbonyl (C=O) groups is 2. The molecule has 0 bridgehead atoms. The maximum absolute atomic E-state index is 13.6. The van der Waals surface area contributed by atoms with E-state index in [4.69, 9.17) is 16.3 Å². The van der Waals surface area contributed by atoms with Crippen LogP contribution < -0.4 is 0 Å². The van der Waals surface area contributed by atoms with E-state index in [0.29, 0.717) is 27.4 Å². The van der Waals surface area contributed by atoms with E-state index in [1.54, 1.807) is 31.2 Å². The van der Waals surface area contributed by atoms with E-state index in [2.05, 4.69) is 6.58 Å². The number of hydrogen-bond acceptors (Lipinski definition) is 3. The fraction of sp³-hybridized carbons (Fsp3) is 0.217. The van der Waals surface area contributed by atoms with E-state index in [0.717, 1.165) is 12.1 Å². The monoisotopic (exact) mass is 431 g/mol. The normalized spacial score (nSPS) is 16.6. The molecule has 156 valence electrons. The molecule has 1 aliphatic rings. The zero-order valence-electron chi connectivity index (χ0n) is 16.3. The second-order valence-electron chi connectivity index (χ2n) is 6.93. The Labute approximate surface area is 178 Å². The van der Waals surface area contributed by atoms with E-state index in [-0.39, 0.29) is 25.5 Å². The maximum atomic E-state index is 13.6. The van der Waals surface area contributed by atoms with Crippen molar-refractivity contribution in [2.75, 3.05) is 6.61 Å². The number of ether oxygens (including phenoxy) is 1. The minimum absolute atomic E-state index is 0.00235. The molecule has 0 saturated heterocycles. The van der Waals surface area contributed by atoms with Crippen molar-refractivity contribution in [2.45, 2.75) is 25.8 Å². The summed E-state index contributed by atoms with van der Waals surface area (Å²) in [4.78, 5) is 27.2. The topological polar surface area (TPSA) is 46.6 Å². The number of nitrogens with zero attached hydrogens (tertiary/aromatic N) is 1. The van der Waals surface area contributed by atoms with Crippen LogP contribution in [0.2, 0.25) is 5.02 Å². The third-order valence-electron chi connectivity index (χ3n) is 4.95. The van der Waals surface area contributed by atoms with Gasteiger partial charge in [-0.3, -0.25) is 4.79 Å². The third-order valence-corrected chi connectivity index (χ3v) is 5.19. The molecule has 3 rings (SSSR count). The summed E-state index contributed by atoms with van der Waals surface area (Å²) in [6.07, 6.45) is 1.47. The molecule has 0 radical (unpaired) electrons. The fourth-order valence-electron chi connectivity index (χ4n) is 3.51. The Morgan fingerprint density at radius 3 is 2.70 bits per heavy atom. The van der Waals surface area contributed by atoms with Gasteiger partial charge in [0.1, 0.15) is 6.61 Å². The van der Waals surface area contributed by atoms with Gasteiger partial charge in [-0.15, -0.1) is 0 Å². The Balaban J connectivity index is 2.03.